The number of pyridine rings is 1. The lowest BCUT2D eigenvalue weighted by Crippen LogP contribution is -2.30. The minimum Gasteiger partial charge on any atom is -0.507 e. The number of carbonyl (C=O) groups is 2. The number of hydrogen-bond donors (Lipinski definition) is 1. The molecule has 28 heavy (non-hydrogen) atoms. The maximum atomic E-state index is 12.8. The maximum Gasteiger partial charge on any atom is 0.295 e. The minimum absolute atomic E-state index is 0.0926. The van der Waals surface area contributed by atoms with E-state index < -0.39 is 17.7 Å². The van der Waals surface area contributed by atoms with Crippen LogP contribution in [-0.4, -0.2) is 39.8 Å². The summed E-state index contributed by atoms with van der Waals surface area (Å²) in [4.78, 5) is 31.0. The summed E-state index contributed by atoms with van der Waals surface area (Å²) in [6, 6.07) is 8.12. The molecule has 1 aliphatic heterocycles. The number of aliphatic hydroxyl groups excluding tert-OH is 1. The number of aromatic nitrogens is 1. The van der Waals surface area contributed by atoms with E-state index in [9.17, 15) is 14.7 Å². The first-order valence-corrected chi connectivity index (χ1v) is 9.41. The molecule has 6 nitrogen and oxygen atoms in total. The average molecular weight is 380 g/mol. The van der Waals surface area contributed by atoms with Crippen molar-refractivity contribution in [3.8, 4) is 5.75 Å². The van der Waals surface area contributed by atoms with Crippen LogP contribution in [0.2, 0.25) is 0 Å². The Kier molecular flexibility index (Phi) is 5.78. The lowest BCUT2D eigenvalue weighted by Gasteiger charge is -2.24. The SMILES string of the molecule is CCCN1C(=O)C(=O)/C(=C(\O)c2ccc(OCC)c(C)c2)C1c1cccnc1. The Hall–Kier alpha value is -3.15. The highest BCUT2D eigenvalue weighted by molar-refractivity contribution is 6.46. The van der Waals surface area contributed by atoms with Crippen LogP contribution in [0.15, 0.2) is 48.3 Å². The second kappa shape index (κ2) is 8.25. The van der Waals surface area contributed by atoms with Gasteiger partial charge in [-0.1, -0.05) is 13.0 Å². The van der Waals surface area contributed by atoms with Crippen LogP contribution >= 0.6 is 0 Å². The summed E-state index contributed by atoms with van der Waals surface area (Å²) in [5, 5.41) is 11.0. The van der Waals surface area contributed by atoms with E-state index in [-0.39, 0.29) is 11.3 Å². The largest absolute Gasteiger partial charge is 0.507 e. The van der Waals surface area contributed by atoms with E-state index in [0.717, 1.165) is 5.56 Å². The molecule has 1 aliphatic rings. The van der Waals surface area contributed by atoms with Crippen molar-refractivity contribution in [2.45, 2.75) is 33.2 Å². The molecule has 0 saturated carbocycles. The Balaban J connectivity index is 2.14. The van der Waals surface area contributed by atoms with Gasteiger partial charge in [-0.2, -0.15) is 0 Å². The van der Waals surface area contributed by atoms with Crippen LogP contribution in [0.5, 0.6) is 5.75 Å². The number of ketones is 1. The van der Waals surface area contributed by atoms with Gasteiger partial charge in [-0.05, 0) is 55.7 Å². The molecule has 1 aromatic carbocycles. The van der Waals surface area contributed by atoms with Crippen molar-refractivity contribution in [1.82, 2.24) is 9.88 Å². The molecule has 1 amide bonds. The average Bonchev–Trinajstić information content (AvgIpc) is 2.95. The summed E-state index contributed by atoms with van der Waals surface area (Å²) >= 11 is 0. The third kappa shape index (κ3) is 3.50. The van der Waals surface area contributed by atoms with Crippen molar-refractivity contribution in [3.63, 3.8) is 0 Å². The zero-order chi connectivity index (χ0) is 20.3. The number of aryl methyl sites for hydroxylation is 1. The zero-order valence-electron chi connectivity index (χ0n) is 16.3. The van der Waals surface area contributed by atoms with E-state index in [1.54, 1.807) is 36.7 Å². The standard InChI is InChI=1S/C22H24N2O4/c1-4-11-24-19(16-7-6-10-23-13-16)18(21(26)22(24)27)20(25)15-8-9-17(28-5-2)14(3)12-15/h6-10,12-13,19,25H,4-5,11H2,1-3H3/b20-18-. The second-order valence-corrected chi connectivity index (χ2v) is 6.69. The Morgan fingerprint density at radius 2 is 2.04 bits per heavy atom. The molecule has 2 aromatic rings. The van der Waals surface area contributed by atoms with E-state index in [0.29, 0.717) is 36.4 Å². The molecule has 1 unspecified atom stereocenters. The fourth-order valence-corrected chi connectivity index (χ4v) is 3.51. The molecule has 0 radical (unpaired) electrons. The van der Waals surface area contributed by atoms with Crippen LogP contribution in [0.25, 0.3) is 5.76 Å². The number of Topliss-reactive ketones (excluding diaryl/α,β-unsaturated/α-hetero) is 1. The fourth-order valence-electron chi connectivity index (χ4n) is 3.51. The number of carbonyl (C=O) groups excluding carboxylic acids is 2. The highest BCUT2D eigenvalue weighted by Crippen LogP contribution is 2.39. The summed E-state index contributed by atoms with van der Waals surface area (Å²) in [7, 11) is 0. The molecule has 3 rings (SSSR count). The van der Waals surface area contributed by atoms with Gasteiger partial charge < -0.3 is 14.7 Å². The van der Waals surface area contributed by atoms with Gasteiger partial charge in [-0.15, -0.1) is 0 Å². The highest BCUT2D eigenvalue weighted by atomic mass is 16.5. The molecular weight excluding hydrogens is 356 g/mol. The van der Waals surface area contributed by atoms with E-state index in [1.165, 1.54) is 4.90 Å². The van der Waals surface area contributed by atoms with Gasteiger partial charge in [0.25, 0.3) is 11.7 Å². The molecule has 146 valence electrons. The summed E-state index contributed by atoms with van der Waals surface area (Å²) in [5.41, 5.74) is 2.10. The molecule has 6 heteroatoms. The van der Waals surface area contributed by atoms with Crippen LogP contribution < -0.4 is 4.74 Å². The zero-order valence-corrected chi connectivity index (χ0v) is 16.3. The summed E-state index contributed by atoms with van der Waals surface area (Å²) in [5.74, 6) is -0.738. The Morgan fingerprint density at radius 3 is 2.64 bits per heavy atom. The van der Waals surface area contributed by atoms with Gasteiger partial charge in [0.1, 0.15) is 11.5 Å². The van der Waals surface area contributed by atoms with Crippen molar-refractivity contribution in [1.29, 1.82) is 0 Å². The topological polar surface area (TPSA) is 79.7 Å². The molecule has 0 spiro atoms. The van der Waals surface area contributed by atoms with Gasteiger partial charge in [0.15, 0.2) is 0 Å². The molecule has 1 saturated heterocycles. The number of benzene rings is 1. The Labute approximate surface area is 164 Å². The Bertz CT molecular complexity index is 921. The molecule has 1 aromatic heterocycles. The third-order valence-electron chi connectivity index (χ3n) is 4.75. The van der Waals surface area contributed by atoms with Crippen LogP contribution in [0.3, 0.4) is 0 Å². The first-order chi connectivity index (χ1) is 13.5. The third-order valence-corrected chi connectivity index (χ3v) is 4.75. The van der Waals surface area contributed by atoms with E-state index in [1.807, 2.05) is 26.8 Å². The Morgan fingerprint density at radius 1 is 1.25 bits per heavy atom. The molecule has 2 heterocycles. The van der Waals surface area contributed by atoms with Crippen LogP contribution in [-0.2, 0) is 9.59 Å². The molecule has 0 bridgehead atoms. The number of ether oxygens (including phenoxy) is 1. The number of nitrogens with zero attached hydrogens (tertiary/aromatic N) is 2. The van der Waals surface area contributed by atoms with Crippen molar-refractivity contribution < 1.29 is 19.4 Å². The highest BCUT2D eigenvalue weighted by Gasteiger charge is 2.45. The molecule has 1 N–H and O–H groups in total. The van der Waals surface area contributed by atoms with Crippen LogP contribution in [0.1, 0.15) is 43.0 Å². The number of likely N-dealkylation sites (tertiary alicyclic amines) is 1. The number of aliphatic hydroxyl groups is 1. The van der Waals surface area contributed by atoms with Crippen molar-refractivity contribution >= 4 is 17.4 Å². The normalized spacial score (nSPS) is 18.5. The summed E-state index contributed by atoms with van der Waals surface area (Å²) in [6.45, 7) is 6.67. The van der Waals surface area contributed by atoms with Gasteiger partial charge in [-0.3, -0.25) is 14.6 Å². The van der Waals surface area contributed by atoms with E-state index in [4.69, 9.17) is 4.74 Å². The smallest absolute Gasteiger partial charge is 0.295 e. The van der Waals surface area contributed by atoms with E-state index >= 15 is 0 Å². The maximum absolute atomic E-state index is 12.8. The van der Waals surface area contributed by atoms with Gasteiger partial charge >= 0.3 is 0 Å². The summed E-state index contributed by atoms with van der Waals surface area (Å²) < 4.78 is 5.54. The fraction of sp³-hybridized carbons (Fsp3) is 0.318. The van der Waals surface area contributed by atoms with Crippen molar-refractivity contribution in [2.75, 3.05) is 13.2 Å². The predicted octanol–water partition coefficient (Wildman–Crippen LogP) is 3.62. The van der Waals surface area contributed by atoms with Gasteiger partial charge in [0.2, 0.25) is 0 Å². The monoisotopic (exact) mass is 380 g/mol. The van der Waals surface area contributed by atoms with Gasteiger partial charge in [0.05, 0.1) is 18.2 Å². The lowest BCUT2D eigenvalue weighted by molar-refractivity contribution is -0.139. The number of hydrogen-bond acceptors (Lipinski definition) is 5. The van der Waals surface area contributed by atoms with Gasteiger partial charge in [0, 0.05) is 24.5 Å². The molecule has 1 atom stereocenters. The summed E-state index contributed by atoms with van der Waals surface area (Å²) in [6.07, 6.45) is 3.95. The predicted molar refractivity (Wildman–Crippen MR) is 106 cm³/mol. The minimum atomic E-state index is -0.675. The molecule has 1 fully saturated rings. The molecular formula is C22H24N2O4. The van der Waals surface area contributed by atoms with Crippen molar-refractivity contribution in [2.24, 2.45) is 0 Å². The first kappa shape index (κ1) is 19.6. The second-order valence-electron chi connectivity index (χ2n) is 6.69. The van der Waals surface area contributed by atoms with E-state index in [2.05, 4.69) is 4.98 Å². The van der Waals surface area contributed by atoms with Gasteiger partial charge in [-0.25, -0.2) is 0 Å². The van der Waals surface area contributed by atoms with Crippen molar-refractivity contribution in [3.05, 3.63) is 65.0 Å². The number of rotatable bonds is 6. The van der Waals surface area contributed by atoms with Crippen LogP contribution in [0.4, 0.5) is 0 Å². The van der Waals surface area contributed by atoms with Crippen LogP contribution in [0, 0.1) is 6.92 Å². The lowest BCUT2D eigenvalue weighted by atomic mass is 9.95. The molecule has 0 aliphatic carbocycles. The number of amides is 1. The quantitative estimate of drug-likeness (QED) is 0.470. The first-order valence-electron chi connectivity index (χ1n) is 9.41.